The van der Waals surface area contributed by atoms with E-state index in [1.54, 1.807) is 30.3 Å². The molecule has 0 aliphatic rings. The van der Waals surface area contributed by atoms with Crippen molar-refractivity contribution in [2.75, 3.05) is 11.9 Å². The predicted octanol–water partition coefficient (Wildman–Crippen LogP) is 4.52. The second-order valence-corrected chi connectivity index (χ2v) is 6.97. The molecule has 0 aliphatic heterocycles. The van der Waals surface area contributed by atoms with Crippen LogP contribution in [0.15, 0.2) is 78.9 Å². The Morgan fingerprint density at radius 3 is 2.26 bits per heavy atom. The number of esters is 1. The Labute approximate surface area is 181 Å². The summed E-state index contributed by atoms with van der Waals surface area (Å²) < 4.78 is 16.3. The highest BCUT2D eigenvalue weighted by Crippen LogP contribution is 2.18. The van der Waals surface area contributed by atoms with Crippen LogP contribution in [0.4, 0.5) is 5.69 Å². The molecule has 0 saturated carbocycles. The summed E-state index contributed by atoms with van der Waals surface area (Å²) in [6, 6.07) is 24.2. The van der Waals surface area contributed by atoms with Crippen molar-refractivity contribution in [3.05, 3.63) is 90.0 Å². The molecular weight excluding hydrogens is 394 g/mol. The van der Waals surface area contributed by atoms with Crippen LogP contribution < -0.4 is 14.8 Å². The molecule has 0 unspecified atom stereocenters. The van der Waals surface area contributed by atoms with Gasteiger partial charge in [-0.25, -0.2) is 4.79 Å². The van der Waals surface area contributed by atoms with E-state index in [1.807, 2.05) is 55.5 Å². The summed E-state index contributed by atoms with van der Waals surface area (Å²) in [5.74, 6) is 0.249. The van der Waals surface area contributed by atoms with Crippen LogP contribution in [0, 0.1) is 6.92 Å². The van der Waals surface area contributed by atoms with Crippen molar-refractivity contribution in [3.63, 3.8) is 0 Å². The molecule has 0 radical (unpaired) electrons. The summed E-state index contributed by atoms with van der Waals surface area (Å²) >= 11 is 0. The van der Waals surface area contributed by atoms with Gasteiger partial charge in [0.05, 0.1) is 0 Å². The topological polar surface area (TPSA) is 73.9 Å². The van der Waals surface area contributed by atoms with Gasteiger partial charge in [0.1, 0.15) is 18.1 Å². The second-order valence-electron chi connectivity index (χ2n) is 6.97. The predicted molar refractivity (Wildman–Crippen MR) is 118 cm³/mol. The molecule has 3 aromatic rings. The van der Waals surface area contributed by atoms with Crippen molar-refractivity contribution >= 4 is 17.6 Å². The normalized spacial score (nSPS) is 11.3. The number of aryl methyl sites for hydroxylation is 1. The summed E-state index contributed by atoms with van der Waals surface area (Å²) in [4.78, 5) is 24.3. The molecule has 1 amide bonds. The van der Waals surface area contributed by atoms with Gasteiger partial charge in [-0.1, -0.05) is 48.5 Å². The van der Waals surface area contributed by atoms with E-state index in [1.165, 1.54) is 6.92 Å². The minimum atomic E-state index is -0.957. The number of amides is 1. The van der Waals surface area contributed by atoms with Gasteiger partial charge in [0.25, 0.3) is 5.91 Å². The number of anilines is 1. The van der Waals surface area contributed by atoms with E-state index in [0.717, 1.165) is 11.1 Å². The summed E-state index contributed by atoms with van der Waals surface area (Å²) in [6.07, 6.45) is -0.957. The first-order valence-electron chi connectivity index (χ1n) is 9.97. The monoisotopic (exact) mass is 419 g/mol. The first-order valence-corrected chi connectivity index (χ1v) is 9.97. The fourth-order valence-electron chi connectivity index (χ4n) is 2.76. The number of para-hydroxylation sites is 1. The van der Waals surface area contributed by atoms with E-state index in [-0.39, 0.29) is 6.61 Å². The van der Waals surface area contributed by atoms with Crippen molar-refractivity contribution in [2.24, 2.45) is 0 Å². The average molecular weight is 419 g/mol. The lowest BCUT2D eigenvalue weighted by atomic mass is 10.2. The van der Waals surface area contributed by atoms with Crippen LogP contribution in [-0.4, -0.2) is 24.6 Å². The number of carbonyl (C=O) groups excluding carboxylic acids is 2. The molecule has 1 N–H and O–H groups in total. The smallest absolute Gasteiger partial charge is 0.344 e. The van der Waals surface area contributed by atoms with Crippen molar-refractivity contribution < 1.29 is 23.8 Å². The number of ether oxygens (including phenoxy) is 3. The Kier molecular flexibility index (Phi) is 7.65. The van der Waals surface area contributed by atoms with Crippen LogP contribution >= 0.6 is 0 Å². The van der Waals surface area contributed by atoms with E-state index >= 15 is 0 Å². The number of carbonyl (C=O) groups is 2. The molecular formula is C25H25NO5. The Morgan fingerprint density at radius 1 is 0.871 bits per heavy atom. The maximum absolute atomic E-state index is 12.3. The van der Waals surface area contributed by atoms with Gasteiger partial charge in [-0.3, -0.25) is 4.79 Å². The molecule has 3 aromatic carbocycles. The van der Waals surface area contributed by atoms with Crippen LogP contribution in [0.3, 0.4) is 0 Å². The van der Waals surface area contributed by atoms with Crippen molar-refractivity contribution in [2.45, 2.75) is 26.6 Å². The zero-order valence-electron chi connectivity index (χ0n) is 17.5. The molecule has 6 nitrogen and oxygen atoms in total. The van der Waals surface area contributed by atoms with Gasteiger partial charge in [0.2, 0.25) is 0 Å². The third-order valence-electron chi connectivity index (χ3n) is 4.49. The van der Waals surface area contributed by atoms with E-state index < -0.39 is 18.0 Å². The molecule has 6 heteroatoms. The number of hydrogen-bond donors (Lipinski definition) is 1. The van der Waals surface area contributed by atoms with Crippen molar-refractivity contribution in [1.82, 2.24) is 0 Å². The maximum atomic E-state index is 12.3. The number of benzene rings is 3. The molecule has 0 aliphatic carbocycles. The van der Waals surface area contributed by atoms with Gasteiger partial charge in [-0.05, 0) is 55.3 Å². The molecule has 1 atom stereocenters. The SMILES string of the molecule is Cc1ccccc1OCC(=O)O[C@@H](C)C(=O)Nc1ccc(OCc2ccccc2)cc1. The molecule has 0 bridgehead atoms. The van der Waals surface area contributed by atoms with Crippen LogP contribution in [0.5, 0.6) is 11.5 Å². The Hall–Kier alpha value is -3.80. The van der Waals surface area contributed by atoms with E-state index in [9.17, 15) is 9.59 Å². The second kappa shape index (κ2) is 10.8. The number of rotatable bonds is 9. The van der Waals surface area contributed by atoms with Crippen LogP contribution in [0.1, 0.15) is 18.1 Å². The standard InChI is InChI=1S/C25H25NO5/c1-18-8-6-7-11-23(18)30-17-24(27)31-19(2)25(28)26-21-12-14-22(15-13-21)29-16-20-9-4-3-5-10-20/h3-15,19H,16-17H2,1-2H3,(H,26,28)/t19-/m0/s1. The number of hydrogen-bond acceptors (Lipinski definition) is 5. The zero-order chi connectivity index (χ0) is 22.1. The van der Waals surface area contributed by atoms with Gasteiger partial charge >= 0.3 is 5.97 Å². The third-order valence-corrected chi connectivity index (χ3v) is 4.49. The fraction of sp³-hybridized carbons (Fsp3) is 0.200. The minimum absolute atomic E-state index is 0.268. The fourth-order valence-corrected chi connectivity index (χ4v) is 2.76. The highest BCUT2D eigenvalue weighted by molar-refractivity contribution is 5.95. The first kappa shape index (κ1) is 21.9. The van der Waals surface area contributed by atoms with Crippen LogP contribution in [-0.2, 0) is 20.9 Å². The molecule has 3 rings (SSSR count). The largest absolute Gasteiger partial charge is 0.489 e. The lowest BCUT2D eigenvalue weighted by molar-refractivity contribution is -0.155. The lowest BCUT2D eigenvalue weighted by Crippen LogP contribution is -2.31. The molecule has 160 valence electrons. The van der Waals surface area contributed by atoms with Gasteiger partial charge in [0.15, 0.2) is 12.7 Å². The quantitative estimate of drug-likeness (QED) is 0.516. The van der Waals surface area contributed by atoms with Gasteiger partial charge < -0.3 is 19.5 Å². The summed E-state index contributed by atoms with van der Waals surface area (Å²) in [5.41, 5.74) is 2.57. The van der Waals surface area contributed by atoms with Gasteiger partial charge in [-0.2, -0.15) is 0 Å². The highest BCUT2D eigenvalue weighted by Gasteiger charge is 2.18. The van der Waals surface area contributed by atoms with Crippen LogP contribution in [0.2, 0.25) is 0 Å². The Balaban J connectivity index is 1.43. The van der Waals surface area contributed by atoms with E-state index in [4.69, 9.17) is 14.2 Å². The molecule has 0 saturated heterocycles. The highest BCUT2D eigenvalue weighted by atomic mass is 16.6. The summed E-state index contributed by atoms with van der Waals surface area (Å²) in [6.45, 7) is 3.59. The van der Waals surface area contributed by atoms with E-state index in [0.29, 0.717) is 23.8 Å². The lowest BCUT2D eigenvalue weighted by Gasteiger charge is -2.14. The van der Waals surface area contributed by atoms with Crippen molar-refractivity contribution in [1.29, 1.82) is 0 Å². The first-order chi connectivity index (χ1) is 15.0. The minimum Gasteiger partial charge on any atom is -0.489 e. The molecule has 0 spiro atoms. The Bertz CT molecular complexity index is 1000. The summed E-state index contributed by atoms with van der Waals surface area (Å²) in [5, 5.41) is 2.72. The van der Waals surface area contributed by atoms with E-state index in [2.05, 4.69) is 5.32 Å². The Morgan fingerprint density at radius 2 is 1.55 bits per heavy atom. The molecule has 0 fully saturated rings. The maximum Gasteiger partial charge on any atom is 0.344 e. The van der Waals surface area contributed by atoms with Gasteiger partial charge in [0, 0.05) is 5.69 Å². The molecule has 0 heterocycles. The zero-order valence-corrected chi connectivity index (χ0v) is 17.5. The number of nitrogens with one attached hydrogen (secondary N) is 1. The van der Waals surface area contributed by atoms with Gasteiger partial charge in [-0.15, -0.1) is 0 Å². The third kappa shape index (κ3) is 6.89. The summed E-state index contributed by atoms with van der Waals surface area (Å²) in [7, 11) is 0. The molecule has 31 heavy (non-hydrogen) atoms. The molecule has 0 aromatic heterocycles. The van der Waals surface area contributed by atoms with Crippen molar-refractivity contribution in [3.8, 4) is 11.5 Å². The average Bonchev–Trinajstić information content (AvgIpc) is 2.78. The van der Waals surface area contributed by atoms with Crippen LogP contribution in [0.25, 0.3) is 0 Å².